The van der Waals surface area contributed by atoms with Crippen LogP contribution in [0.1, 0.15) is 13.8 Å². The van der Waals surface area contributed by atoms with Gasteiger partial charge in [-0.05, 0) is 38.1 Å². The molecule has 0 aliphatic heterocycles. The van der Waals surface area contributed by atoms with Crippen molar-refractivity contribution in [2.75, 3.05) is 23.8 Å². The molecule has 1 amide bonds. The van der Waals surface area contributed by atoms with Gasteiger partial charge in [-0.3, -0.25) is 4.79 Å². The van der Waals surface area contributed by atoms with E-state index in [9.17, 15) is 4.79 Å². The van der Waals surface area contributed by atoms with Crippen molar-refractivity contribution < 1.29 is 14.3 Å². The van der Waals surface area contributed by atoms with Gasteiger partial charge in [-0.2, -0.15) is 0 Å². The number of ether oxygens (including phenoxy) is 2. The first-order valence-electron chi connectivity index (χ1n) is 8.21. The topological polar surface area (TPSA) is 59.6 Å². The van der Waals surface area contributed by atoms with Crippen LogP contribution in [0.25, 0.3) is 0 Å². The highest BCUT2D eigenvalue weighted by Gasteiger charge is 2.05. The Labute approximate surface area is 148 Å². The summed E-state index contributed by atoms with van der Waals surface area (Å²) < 4.78 is 11.1. The first kappa shape index (κ1) is 18.4. The SMILES string of the molecule is C=CCOc1cccc(NCC(=O)Nc2cccc(OC(C)C)c2)c1. The molecule has 2 aromatic rings. The number of hydrogen-bond acceptors (Lipinski definition) is 4. The van der Waals surface area contributed by atoms with Gasteiger partial charge in [0.2, 0.25) is 5.91 Å². The maximum Gasteiger partial charge on any atom is 0.243 e. The Morgan fingerprint density at radius 1 is 1.12 bits per heavy atom. The number of nitrogens with one attached hydrogen (secondary N) is 2. The van der Waals surface area contributed by atoms with Crippen LogP contribution in [0.4, 0.5) is 11.4 Å². The second-order valence-corrected chi connectivity index (χ2v) is 5.72. The van der Waals surface area contributed by atoms with Gasteiger partial charge in [0.25, 0.3) is 0 Å². The third kappa shape index (κ3) is 6.59. The summed E-state index contributed by atoms with van der Waals surface area (Å²) in [6, 6.07) is 14.8. The number of benzene rings is 2. The van der Waals surface area contributed by atoms with E-state index in [1.54, 1.807) is 6.08 Å². The van der Waals surface area contributed by atoms with Crippen LogP contribution in [0.5, 0.6) is 11.5 Å². The molecule has 5 nitrogen and oxygen atoms in total. The summed E-state index contributed by atoms with van der Waals surface area (Å²) in [5, 5.41) is 5.93. The van der Waals surface area contributed by atoms with Gasteiger partial charge in [0.05, 0.1) is 12.6 Å². The van der Waals surface area contributed by atoms with Gasteiger partial charge in [0.15, 0.2) is 0 Å². The Bertz CT molecular complexity index is 714. The largest absolute Gasteiger partial charge is 0.491 e. The fourth-order valence-corrected chi connectivity index (χ4v) is 2.16. The molecule has 2 rings (SSSR count). The lowest BCUT2D eigenvalue weighted by atomic mass is 10.3. The molecular formula is C20H24N2O3. The maximum absolute atomic E-state index is 12.1. The zero-order chi connectivity index (χ0) is 18.1. The van der Waals surface area contributed by atoms with Gasteiger partial charge in [-0.25, -0.2) is 0 Å². The number of anilines is 2. The standard InChI is InChI=1S/C20H24N2O3/c1-4-11-24-18-9-5-7-16(12-18)21-14-20(23)22-17-8-6-10-19(13-17)25-15(2)3/h4-10,12-13,15,21H,1,11,14H2,2-3H3,(H,22,23). The molecule has 5 heteroatoms. The molecule has 0 aromatic heterocycles. The molecule has 0 saturated heterocycles. The van der Waals surface area contributed by atoms with E-state index in [1.165, 1.54) is 0 Å². The van der Waals surface area contributed by atoms with Crippen LogP contribution in [0.2, 0.25) is 0 Å². The molecule has 2 N–H and O–H groups in total. The zero-order valence-corrected chi connectivity index (χ0v) is 14.6. The van der Waals surface area contributed by atoms with Crippen molar-refractivity contribution in [1.82, 2.24) is 0 Å². The Morgan fingerprint density at radius 2 is 1.80 bits per heavy atom. The Kier molecular flexibility index (Phi) is 6.89. The van der Waals surface area contributed by atoms with Gasteiger partial charge in [0.1, 0.15) is 18.1 Å². The number of hydrogen-bond donors (Lipinski definition) is 2. The minimum absolute atomic E-state index is 0.0863. The Balaban J connectivity index is 1.87. The van der Waals surface area contributed by atoms with Crippen molar-refractivity contribution in [1.29, 1.82) is 0 Å². The zero-order valence-electron chi connectivity index (χ0n) is 14.6. The summed E-state index contributed by atoms with van der Waals surface area (Å²) in [4.78, 5) is 12.1. The molecule has 2 aromatic carbocycles. The van der Waals surface area contributed by atoms with Crippen LogP contribution in [0.3, 0.4) is 0 Å². The fourth-order valence-electron chi connectivity index (χ4n) is 2.16. The number of rotatable bonds is 9. The normalized spacial score (nSPS) is 10.2. The highest BCUT2D eigenvalue weighted by molar-refractivity contribution is 5.93. The molecule has 25 heavy (non-hydrogen) atoms. The molecule has 0 atom stereocenters. The van der Waals surface area contributed by atoms with E-state index in [2.05, 4.69) is 17.2 Å². The van der Waals surface area contributed by atoms with Crippen molar-refractivity contribution in [2.45, 2.75) is 20.0 Å². The van der Waals surface area contributed by atoms with Gasteiger partial charge < -0.3 is 20.1 Å². The second kappa shape index (κ2) is 9.37. The first-order chi connectivity index (χ1) is 12.1. The monoisotopic (exact) mass is 340 g/mol. The van der Waals surface area contributed by atoms with Gasteiger partial charge in [-0.1, -0.05) is 24.8 Å². The summed E-state index contributed by atoms with van der Waals surface area (Å²) in [6.07, 6.45) is 1.77. The third-order valence-corrected chi connectivity index (χ3v) is 3.14. The second-order valence-electron chi connectivity index (χ2n) is 5.72. The van der Waals surface area contributed by atoms with E-state index in [4.69, 9.17) is 9.47 Å². The van der Waals surface area contributed by atoms with E-state index in [0.29, 0.717) is 12.3 Å². The average molecular weight is 340 g/mol. The summed E-state index contributed by atoms with van der Waals surface area (Å²) in [5.41, 5.74) is 1.52. The molecule has 0 aliphatic carbocycles. The lowest BCUT2D eigenvalue weighted by molar-refractivity contribution is -0.114. The predicted molar refractivity (Wildman–Crippen MR) is 101 cm³/mol. The molecule has 0 bridgehead atoms. The summed E-state index contributed by atoms with van der Waals surface area (Å²) in [6.45, 7) is 8.13. The first-order valence-corrected chi connectivity index (χ1v) is 8.21. The summed E-state index contributed by atoms with van der Waals surface area (Å²) in [7, 11) is 0. The van der Waals surface area contributed by atoms with Crippen LogP contribution in [0.15, 0.2) is 61.2 Å². The van der Waals surface area contributed by atoms with Crippen LogP contribution in [-0.4, -0.2) is 25.2 Å². The van der Waals surface area contributed by atoms with Crippen LogP contribution in [-0.2, 0) is 4.79 Å². The molecule has 0 aliphatic rings. The number of amides is 1. The molecule has 0 radical (unpaired) electrons. The molecule has 0 heterocycles. The average Bonchev–Trinajstić information content (AvgIpc) is 2.58. The van der Waals surface area contributed by atoms with Gasteiger partial charge >= 0.3 is 0 Å². The van der Waals surface area contributed by atoms with E-state index in [-0.39, 0.29) is 18.6 Å². The molecular weight excluding hydrogens is 316 g/mol. The lowest BCUT2D eigenvalue weighted by Gasteiger charge is -2.12. The highest BCUT2D eigenvalue weighted by atomic mass is 16.5. The van der Waals surface area contributed by atoms with Crippen LogP contribution >= 0.6 is 0 Å². The van der Waals surface area contributed by atoms with E-state index in [1.807, 2.05) is 62.4 Å². The van der Waals surface area contributed by atoms with E-state index < -0.39 is 0 Å². The van der Waals surface area contributed by atoms with Crippen LogP contribution < -0.4 is 20.1 Å². The minimum Gasteiger partial charge on any atom is -0.491 e. The molecule has 0 spiro atoms. The van der Waals surface area contributed by atoms with Crippen molar-refractivity contribution in [3.8, 4) is 11.5 Å². The highest BCUT2D eigenvalue weighted by Crippen LogP contribution is 2.19. The van der Waals surface area contributed by atoms with Crippen molar-refractivity contribution in [3.05, 3.63) is 61.2 Å². The Hall–Kier alpha value is -2.95. The fraction of sp³-hybridized carbons (Fsp3) is 0.250. The predicted octanol–water partition coefficient (Wildman–Crippen LogP) is 4.09. The third-order valence-electron chi connectivity index (χ3n) is 3.14. The number of carbonyl (C=O) groups excluding carboxylic acids is 1. The Morgan fingerprint density at radius 3 is 2.52 bits per heavy atom. The molecule has 0 fully saturated rings. The van der Waals surface area contributed by atoms with Gasteiger partial charge in [0, 0.05) is 23.5 Å². The molecule has 132 valence electrons. The maximum atomic E-state index is 12.1. The van der Waals surface area contributed by atoms with E-state index in [0.717, 1.165) is 17.2 Å². The summed E-state index contributed by atoms with van der Waals surface area (Å²) >= 11 is 0. The van der Waals surface area contributed by atoms with Gasteiger partial charge in [-0.15, -0.1) is 0 Å². The minimum atomic E-state index is -0.140. The smallest absolute Gasteiger partial charge is 0.243 e. The molecule has 0 unspecified atom stereocenters. The summed E-state index contributed by atoms with van der Waals surface area (Å²) in [5.74, 6) is 1.32. The quantitative estimate of drug-likeness (QED) is 0.675. The van der Waals surface area contributed by atoms with E-state index >= 15 is 0 Å². The van der Waals surface area contributed by atoms with Crippen molar-refractivity contribution in [3.63, 3.8) is 0 Å². The molecule has 0 saturated carbocycles. The lowest BCUT2D eigenvalue weighted by Crippen LogP contribution is -2.21. The van der Waals surface area contributed by atoms with Crippen molar-refractivity contribution >= 4 is 17.3 Å². The van der Waals surface area contributed by atoms with Crippen molar-refractivity contribution in [2.24, 2.45) is 0 Å². The van der Waals surface area contributed by atoms with Crippen LogP contribution in [0, 0.1) is 0 Å². The number of carbonyl (C=O) groups is 1.